The van der Waals surface area contributed by atoms with Crippen molar-refractivity contribution in [3.8, 4) is 0 Å². The van der Waals surface area contributed by atoms with Crippen LogP contribution in [0.3, 0.4) is 0 Å². The maximum atomic E-state index is 12.5. The van der Waals surface area contributed by atoms with E-state index in [2.05, 4.69) is 25.5 Å². The van der Waals surface area contributed by atoms with Gasteiger partial charge in [0, 0.05) is 37.9 Å². The smallest absolute Gasteiger partial charge is 0.274 e. The number of hydrogen-bond acceptors (Lipinski definition) is 6. The Hall–Kier alpha value is -2.51. The Bertz CT molecular complexity index is 759. The van der Waals surface area contributed by atoms with Crippen molar-refractivity contribution in [1.29, 1.82) is 0 Å². The summed E-state index contributed by atoms with van der Waals surface area (Å²) >= 11 is 0. The summed E-state index contributed by atoms with van der Waals surface area (Å²) < 4.78 is 5.34. The lowest BCUT2D eigenvalue weighted by Crippen LogP contribution is -2.39. The molecule has 138 valence electrons. The number of benzene rings is 1. The average molecular weight is 355 g/mol. The second-order valence-corrected chi connectivity index (χ2v) is 6.44. The van der Waals surface area contributed by atoms with Gasteiger partial charge in [-0.25, -0.2) is 9.97 Å². The zero-order valence-electron chi connectivity index (χ0n) is 15.3. The maximum Gasteiger partial charge on any atom is 0.274 e. The molecule has 0 aliphatic carbocycles. The minimum Gasteiger partial charge on any atom is -0.379 e. The number of nitrogens with one attached hydrogen (secondary N) is 2. The molecule has 0 saturated carbocycles. The van der Waals surface area contributed by atoms with Gasteiger partial charge >= 0.3 is 0 Å². The van der Waals surface area contributed by atoms with Crippen molar-refractivity contribution in [3.05, 3.63) is 47.4 Å². The number of carbonyl (C=O) groups is 1. The van der Waals surface area contributed by atoms with Crippen LogP contribution in [0.25, 0.3) is 0 Å². The van der Waals surface area contributed by atoms with Gasteiger partial charge in [-0.05, 0) is 31.0 Å². The predicted molar refractivity (Wildman–Crippen MR) is 102 cm³/mol. The van der Waals surface area contributed by atoms with Crippen LogP contribution < -0.4 is 10.6 Å². The molecule has 2 N–H and O–H groups in total. The molecule has 0 atom stereocenters. The highest BCUT2D eigenvalue weighted by Crippen LogP contribution is 2.17. The normalized spacial score (nSPS) is 14.8. The van der Waals surface area contributed by atoms with Gasteiger partial charge in [-0.1, -0.05) is 12.1 Å². The standard InChI is InChI=1S/C19H25N5O2/c1-14-3-4-15(2)16(11-14)23-19(25)17-12-18(22-13-21-17)20-5-6-24-7-9-26-10-8-24/h3-4,11-13H,5-10H2,1-2H3,(H,23,25)(H,20,21,22). The van der Waals surface area contributed by atoms with E-state index in [-0.39, 0.29) is 5.91 Å². The fourth-order valence-corrected chi connectivity index (χ4v) is 2.80. The Morgan fingerprint density at radius 2 is 2.00 bits per heavy atom. The fourth-order valence-electron chi connectivity index (χ4n) is 2.80. The van der Waals surface area contributed by atoms with Crippen molar-refractivity contribution in [1.82, 2.24) is 14.9 Å². The molecule has 0 spiro atoms. The van der Waals surface area contributed by atoms with Crippen LogP contribution in [0.4, 0.5) is 11.5 Å². The van der Waals surface area contributed by atoms with Gasteiger partial charge in [0.05, 0.1) is 13.2 Å². The molecule has 1 aromatic heterocycles. The third-order valence-electron chi connectivity index (χ3n) is 4.38. The zero-order chi connectivity index (χ0) is 18.4. The van der Waals surface area contributed by atoms with Crippen molar-refractivity contribution in [2.24, 2.45) is 0 Å². The minimum absolute atomic E-state index is 0.239. The Morgan fingerprint density at radius 3 is 2.81 bits per heavy atom. The molecular formula is C19H25N5O2. The van der Waals surface area contributed by atoms with E-state index in [1.54, 1.807) is 6.07 Å². The lowest BCUT2D eigenvalue weighted by atomic mass is 10.1. The van der Waals surface area contributed by atoms with Crippen LogP contribution in [0.15, 0.2) is 30.6 Å². The van der Waals surface area contributed by atoms with Gasteiger partial charge in [0.25, 0.3) is 5.91 Å². The van der Waals surface area contributed by atoms with Crippen LogP contribution in [-0.4, -0.2) is 60.2 Å². The third-order valence-corrected chi connectivity index (χ3v) is 4.38. The Labute approximate surface area is 153 Å². The first-order valence-electron chi connectivity index (χ1n) is 8.86. The number of anilines is 2. The summed E-state index contributed by atoms with van der Waals surface area (Å²) in [5, 5.41) is 6.18. The summed E-state index contributed by atoms with van der Waals surface area (Å²) in [6, 6.07) is 7.64. The number of carbonyl (C=O) groups excluding carboxylic acids is 1. The van der Waals surface area contributed by atoms with Gasteiger partial charge in [-0.2, -0.15) is 0 Å². The van der Waals surface area contributed by atoms with Crippen molar-refractivity contribution >= 4 is 17.4 Å². The number of hydrogen-bond donors (Lipinski definition) is 2. The number of aromatic nitrogens is 2. The largest absolute Gasteiger partial charge is 0.379 e. The molecule has 0 bridgehead atoms. The Kier molecular flexibility index (Phi) is 6.14. The zero-order valence-corrected chi connectivity index (χ0v) is 15.3. The summed E-state index contributed by atoms with van der Waals surface area (Å²) in [7, 11) is 0. The van der Waals surface area contributed by atoms with E-state index in [1.165, 1.54) is 6.33 Å². The van der Waals surface area contributed by atoms with Crippen LogP contribution in [0, 0.1) is 13.8 Å². The van der Waals surface area contributed by atoms with Crippen molar-refractivity contribution < 1.29 is 9.53 Å². The molecule has 1 aromatic carbocycles. The number of rotatable bonds is 6. The summed E-state index contributed by atoms with van der Waals surface area (Å²) in [6.07, 6.45) is 1.41. The highest BCUT2D eigenvalue weighted by Gasteiger charge is 2.12. The molecule has 1 aliphatic rings. The van der Waals surface area contributed by atoms with Crippen molar-refractivity contribution in [2.45, 2.75) is 13.8 Å². The molecule has 1 amide bonds. The second kappa shape index (κ2) is 8.73. The number of nitrogens with zero attached hydrogens (tertiary/aromatic N) is 3. The summed E-state index contributed by atoms with van der Waals surface area (Å²) in [4.78, 5) is 23.1. The first-order chi connectivity index (χ1) is 12.6. The quantitative estimate of drug-likeness (QED) is 0.826. The van der Waals surface area contributed by atoms with Gasteiger partial charge < -0.3 is 15.4 Å². The summed E-state index contributed by atoms with van der Waals surface area (Å²) in [5.74, 6) is 0.414. The van der Waals surface area contributed by atoms with Gasteiger partial charge in [0.2, 0.25) is 0 Å². The van der Waals surface area contributed by atoms with Crippen LogP contribution in [0.1, 0.15) is 21.6 Å². The summed E-state index contributed by atoms with van der Waals surface area (Å²) in [6.45, 7) is 9.12. The first kappa shape index (κ1) is 18.3. The lowest BCUT2D eigenvalue weighted by molar-refractivity contribution is 0.0398. The SMILES string of the molecule is Cc1ccc(C)c(NC(=O)c2cc(NCCN3CCOCC3)ncn2)c1. The predicted octanol–water partition coefficient (Wildman–Crippen LogP) is 2.09. The topological polar surface area (TPSA) is 79.4 Å². The average Bonchev–Trinajstić information content (AvgIpc) is 2.66. The van der Waals surface area contributed by atoms with Crippen LogP contribution >= 0.6 is 0 Å². The Morgan fingerprint density at radius 1 is 1.19 bits per heavy atom. The molecule has 1 saturated heterocycles. The number of morpholine rings is 1. The van der Waals surface area contributed by atoms with Gasteiger partial charge in [-0.15, -0.1) is 0 Å². The van der Waals surface area contributed by atoms with E-state index in [4.69, 9.17) is 4.74 Å². The maximum absolute atomic E-state index is 12.5. The Balaban J connectivity index is 1.57. The van der Waals surface area contributed by atoms with E-state index >= 15 is 0 Å². The van der Waals surface area contributed by atoms with E-state index in [9.17, 15) is 4.79 Å². The minimum atomic E-state index is -0.239. The monoisotopic (exact) mass is 355 g/mol. The van der Waals surface area contributed by atoms with Crippen LogP contribution in [-0.2, 0) is 4.74 Å². The highest BCUT2D eigenvalue weighted by molar-refractivity contribution is 6.03. The fraction of sp³-hybridized carbons (Fsp3) is 0.421. The summed E-state index contributed by atoms with van der Waals surface area (Å²) in [5.41, 5.74) is 3.26. The molecule has 7 heteroatoms. The molecule has 0 radical (unpaired) electrons. The van der Waals surface area contributed by atoms with Gasteiger partial charge in [0.15, 0.2) is 0 Å². The van der Waals surface area contributed by atoms with E-state index in [1.807, 2.05) is 32.0 Å². The number of ether oxygens (including phenoxy) is 1. The molecular weight excluding hydrogens is 330 g/mol. The third kappa shape index (κ3) is 5.00. The van der Waals surface area contributed by atoms with E-state index in [0.717, 1.165) is 56.2 Å². The van der Waals surface area contributed by atoms with Crippen LogP contribution in [0.5, 0.6) is 0 Å². The molecule has 2 heterocycles. The van der Waals surface area contributed by atoms with Crippen LogP contribution in [0.2, 0.25) is 0 Å². The molecule has 26 heavy (non-hydrogen) atoms. The molecule has 1 aliphatic heterocycles. The van der Waals surface area contributed by atoms with E-state index < -0.39 is 0 Å². The lowest BCUT2D eigenvalue weighted by Gasteiger charge is -2.26. The molecule has 0 unspecified atom stereocenters. The van der Waals surface area contributed by atoms with Crippen molar-refractivity contribution in [3.63, 3.8) is 0 Å². The molecule has 3 rings (SSSR count). The molecule has 1 fully saturated rings. The molecule has 7 nitrogen and oxygen atoms in total. The van der Waals surface area contributed by atoms with Gasteiger partial charge in [0.1, 0.15) is 17.8 Å². The number of amides is 1. The second-order valence-electron chi connectivity index (χ2n) is 6.44. The number of aryl methyl sites for hydroxylation is 2. The highest BCUT2D eigenvalue weighted by atomic mass is 16.5. The van der Waals surface area contributed by atoms with E-state index in [0.29, 0.717) is 11.5 Å². The van der Waals surface area contributed by atoms with Gasteiger partial charge in [-0.3, -0.25) is 9.69 Å². The van der Waals surface area contributed by atoms with Crippen molar-refractivity contribution in [2.75, 3.05) is 50.0 Å². The first-order valence-corrected chi connectivity index (χ1v) is 8.86. The molecule has 2 aromatic rings.